The predicted molar refractivity (Wildman–Crippen MR) is 59.6 cm³/mol. The first-order valence-electron chi connectivity index (χ1n) is 5.48. The number of carbonyl (C=O) groups is 2. The maximum atomic E-state index is 11.2. The highest BCUT2D eigenvalue weighted by Gasteiger charge is 2.26. The Bertz CT molecular complexity index is 286. The van der Waals surface area contributed by atoms with Crippen LogP contribution in [0.1, 0.15) is 12.8 Å². The van der Waals surface area contributed by atoms with Gasteiger partial charge in [0.1, 0.15) is 12.6 Å². The van der Waals surface area contributed by atoms with Gasteiger partial charge < -0.3 is 19.9 Å². The Morgan fingerprint density at radius 2 is 2.41 bits per heavy atom. The zero-order valence-electron chi connectivity index (χ0n) is 9.55. The number of alkyl carbamates (subject to hydrolysis) is 1. The first-order chi connectivity index (χ1) is 8.13. The monoisotopic (exact) mass is 243 g/mol. The third kappa shape index (κ3) is 4.86. The SMILES string of the molecule is C=CCOC(=O)N[C@@H](CC1CCOC1)C(=O)O. The number of rotatable bonds is 6. The summed E-state index contributed by atoms with van der Waals surface area (Å²) >= 11 is 0. The summed E-state index contributed by atoms with van der Waals surface area (Å²) in [6.07, 6.45) is 1.86. The molecule has 0 aromatic rings. The molecule has 1 heterocycles. The molecule has 0 saturated carbocycles. The summed E-state index contributed by atoms with van der Waals surface area (Å²) < 4.78 is 9.83. The summed E-state index contributed by atoms with van der Waals surface area (Å²) in [6, 6.07) is -0.931. The van der Waals surface area contributed by atoms with Gasteiger partial charge in [0.15, 0.2) is 0 Å². The Kier molecular flexibility index (Phi) is 5.48. The van der Waals surface area contributed by atoms with Crippen LogP contribution < -0.4 is 5.32 Å². The van der Waals surface area contributed by atoms with Gasteiger partial charge in [0.05, 0.1) is 0 Å². The van der Waals surface area contributed by atoms with Gasteiger partial charge >= 0.3 is 12.1 Å². The normalized spacial score (nSPS) is 20.6. The lowest BCUT2D eigenvalue weighted by Gasteiger charge is -2.16. The summed E-state index contributed by atoms with van der Waals surface area (Å²) in [5, 5.41) is 11.3. The fourth-order valence-electron chi connectivity index (χ4n) is 1.64. The Labute approximate surface area is 99.6 Å². The van der Waals surface area contributed by atoms with Crippen LogP contribution in [0.3, 0.4) is 0 Å². The number of aliphatic carboxylic acids is 1. The predicted octanol–water partition coefficient (Wildman–Crippen LogP) is 0.778. The highest BCUT2D eigenvalue weighted by atomic mass is 16.5. The van der Waals surface area contributed by atoms with E-state index in [1.165, 1.54) is 6.08 Å². The molecule has 0 aromatic heterocycles. The quantitative estimate of drug-likeness (QED) is 0.673. The fourth-order valence-corrected chi connectivity index (χ4v) is 1.64. The number of carboxylic acid groups (broad SMARTS) is 1. The van der Waals surface area contributed by atoms with Gasteiger partial charge in [-0.25, -0.2) is 9.59 Å². The van der Waals surface area contributed by atoms with E-state index in [9.17, 15) is 9.59 Å². The van der Waals surface area contributed by atoms with E-state index in [0.29, 0.717) is 19.6 Å². The van der Waals surface area contributed by atoms with Crippen molar-refractivity contribution in [1.82, 2.24) is 5.32 Å². The van der Waals surface area contributed by atoms with E-state index in [-0.39, 0.29) is 12.5 Å². The van der Waals surface area contributed by atoms with Crippen LogP contribution in [0, 0.1) is 5.92 Å². The van der Waals surface area contributed by atoms with Crippen LogP contribution >= 0.6 is 0 Å². The molecule has 2 N–H and O–H groups in total. The van der Waals surface area contributed by atoms with E-state index in [2.05, 4.69) is 16.6 Å². The van der Waals surface area contributed by atoms with Crippen LogP contribution in [0.5, 0.6) is 0 Å². The van der Waals surface area contributed by atoms with E-state index in [4.69, 9.17) is 9.84 Å². The molecule has 17 heavy (non-hydrogen) atoms. The number of hydrogen-bond acceptors (Lipinski definition) is 4. The number of amides is 1. The van der Waals surface area contributed by atoms with Crippen LogP contribution in [-0.2, 0) is 14.3 Å². The average Bonchev–Trinajstić information content (AvgIpc) is 2.78. The maximum Gasteiger partial charge on any atom is 0.408 e. The van der Waals surface area contributed by atoms with Crippen LogP contribution in [0.4, 0.5) is 4.79 Å². The summed E-state index contributed by atoms with van der Waals surface area (Å²) in [6.45, 7) is 4.65. The fraction of sp³-hybridized carbons (Fsp3) is 0.636. The van der Waals surface area contributed by atoms with Crippen LogP contribution in [0.2, 0.25) is 0 Å². The molecule has 1 rings (SSSR count). The number of nitrogens with one attached hydrogen (secondary N) is 1. The lowest BCUT2D eigenvalue weighted by Crippen LogP contribution is -2.42. The standard InChI is InChI=1S/C11H17NO5/c1-2-4-17-11(15)12-9(10(13)14)6-8-3-5-16-7-8/h2,8-9H,1,3-7H2,(H,12,15)(H,13,14)/t8?,9-/m0/s1. The summed E-state index contributed by atoms with van der Waals surface area (Å²) in [5.41, 5.74) is 0. The second-order valence-electron chi connectivity index (χ2n) is 3.89. The average molecular weight is 243 g/mol. The first kappa shape index (κ1) is 13.5. The largest absolute Gasteiger partial charge is 0.480 e. The zero-order valence-corrected chi connectivity index (χ0v) is 9.55. The van der Waals surface area contributed by atoms with Gasteiger partial charge in [-0.2, -0.15) is 0 Å². The molecule has 6 nitrogen and oxygen atoms in total. The molecule has 1 unspecified atom stereocenters. The minimum Gasteiger partial charge on any atom is -0.480 e. The van der Waals surface area contributed by atoms with Gasteiger partial charge in [-0.1, -0.05) is 12.7 Å². The minimum atomic E-state index is -1.06. The second kappa shape index (κ2) is 6.90. The molecule has 0 radical (unpaired) electrons. The molecule has 96 valence electrons. The van der Waals surface area contributed by atoms with Gasteiger partial charge in [0.25, 0.3) is 0 Å². The van der Waals surface area contributed by atoms with E-state index >= 15 is 0 Å². The van der Waals surface area contributed by atoms with Crippen LogP contribution in [0.15, 0.2) is 12.7 Å². The third-order valence-corrected chi connectivity index (χ3v) is 2.52. The van der Waals surface area contributed by atoms with Crippen molar-refractivity contribution in [2.75, 3.05) is 19.8 Å². The number of carboxylic acids is 1. The Balaban J connectivity index is 2.39. The summed E-state index contributed by atoms with van der Waals surface area (Å²) in [4.78, 5) is 22.2. The number of ether oxygens (including phenoxy) is 2. The molecule has 1 aliphatic heterocycles. The van der Waals surface area contributed by atoms with Crippen molar-refractivity contribution in [2.24, 2.45) is 5.92 Å². The molecule has 0 aliphatic carbocycles. The first-order valence-corrected chi connectivity index (χ1v) is 5.48. The van der Waals surface area contributed by atoms with E-state index in [0.717, 1.165) is 6.42 Å². The summed E-state index contributed by atoms with van der Waals surface area (Å²) in [5.74, 6) is -0.886. The molecule has 1 fully saturated rings. The van der Waals surface area contributed by atoms with Crippen molar-refractivity contribution in [2.45, 2.75) is 18.9 Å². The van der Waals surface area contributed by atoms with Crippen LogP contribution in [-0.4, -0.2) is 43.0 Å². The van der Waals surface area contributed by atoms with E-state index in [1.54, 1.807) is 0 Å². The van der Waals surface area contributed by atoms with E-state index in [1.807, 2.05) is 0 Å². The van der Waals surface area contributed by atoms with Crippen molar-refractivity contribution >= 4 is 12.1 Å². The molecular weight excluding hydrogens is 226 g/mol. The Morgan fingerprint density at radius 1 is 1.65 bits per heavy atom. The molecule has 6 heteroatoms. The molecular formula is C11H17NO5. The lowest BCUT2D eigenvalue weighted by atomic mass is 9.99. The Morgan fingerprint density at radius 3 is 2.94 bits per heavy atom. The molecule has 0 spiro atoms. The van der Waals surface area contributed by atoms with Crippen molar-refractivity contribution in [3.05, 3.63) is 12.7 Å². The number of hydrogen-bond donors (Lipinski definition) is 2. The third-order valence-electron chi connectivity index (χ3n) is 2.52. The Hall–Kier alpha value is -1.56. The molecule has 1 aliphatic rings. The van der Waals surface area contributed by atoms with Crippen molar-refractivity contribution in [1.29, 1.82) is 0 Å². The maximum absolute atomic E-state index is 11.2. The second-order valence-corrected chi connectivity index (χ2v) is 3.89. The highest BCUT2D eigenvalue weighted by molar-refractivity contribution is 5.79. The molecule has 0 bridgehead atoms. The lowest BCUT2D eigenvalue weighted by molar-refractivity contribution is -0.139. The van der Waals surface area contributed by atoms with Crippen molar-refractivity contribution in [3.63, 3.8) is 0 Å². The van der Waals surface area contributed by atoms with Gasteiger partial charge in [0.2, 0.25) is 0 Å². The zero-order chi connectivity index (χ0) is 12.7. The van der Waals surface area contributed by atoms with Gasteiger partial charge in [-0.15, -0.1) is 0 Å². The molecule has 0 aromatic carbocycles. The molecule has 1 amide bonds. The van der Waals surface area contributed by atoms with Crippen molar-refractivity contribution < 1.29 is 24.2 Å². The van der Waals surface area contributed by atoms with Gasteiger partial charge in [-0.3, -0.25) is 0 Å². The minimum absolute atomic E-state index is 0.0602. The number of carbonyl (C=O) groups excluding carboxylic acids is 1. The molecule has 1 saturated heterocycles. The topological polar surface area (TPSA) is 84.9 Å². The van der Waals surface area contributed by atoms with Crippen molar-refractivity contribution in [3.8, 4) is 0 Å². The van der Waals surface area contributed by atoms with Gasteiger partial charge in [-0.05, 0) is 18.8 Å². The smallest absolute Gasteiger partial charge is 0.408 e. The highest BCUT2D eigenvalue weighted by Crippen LogP contribution is 2.18. The summed E-state index contributed by atoms with van der Waals surface area (Å²) in [7, 11) is 0. The van der Waals surface area contributed by atoms with E-state index < -0.39 is 18.1 Å². The van der Waals surface area contributed by atoms with Gasteiger partial charge in [0, 0.05) is 13.2 Å². The molecule has 2 atom stereocenters. The van der Waals surface area contributed by atoms with Crippen LogP contribution in [0.25, 0.3) is 0 Å².